The molecule has 3 aliphatic rings. The van der Waals surface area contributed by atoms with E-state index < -0.39 is 0 Å². The summed E-state index contributed by atoms with van der Waals surface area (Å²) < 4.78 is 11.1. The Morgan fingerprint density at radius 1 is 1.15 bits per heavy atom. The smallest absolute Gasteiger partial charge is 0.262 e. The van der Waals surface area contributed by atoms with E-state index in [1.54, 1.807) is 24.3 Å². The van der Waals surface area contributed by atoms with Crippen molar-refractivity contribution >= 4 is 41.2 Å². The second kappa shape index (κ2) is 8.95. The third-order valence-corrected chi connectivity index (χ3v) is 6.65. The number of para-hydroxylation sites is 1. The summed E-state index contributed by atoms with van der Waals surface area (Å²) in [5.41, 5.74) is 1.01. The van der Waals surface area contributed by atoms with Crippen molar-refractivity contribution in [1.82, 2.24) is 5.01 Å². The summed E-state index contributed by atoms with van der Waals surface area (Å²) in [6, 6.07) is 12.1. The fraction of sp³-hybridized carbons (Fsp3) is 0.280. The first-order valence-corrected chi connectivity index (χ1v) is 11.3. The van der Waals surface area contributed by atoms with Crippen LogP contribution in [0.25, 0.3) is 0 Å². The Morgan fingerprint density at radius 2 is 1.82 bits per heavy atom. The number of benzene rings is 2. The Balaban J connectivity index is 1.35. The van der Waals surface area contributed by atoms with Crippen LogP contribution in [-0.2, 0) is 14.4 Å². The first-order valence-electron chi connectivity index (χ1n) is 10.9. The van der Waals surface area contributed by atoms with Gasteiger partial charge in [0.05, 0.1) is 25.2 Å². The van der Waals surface area contributed by atoms with E-state index in [1.807, 2.05) is 30.4 Å². The van der Waals surface area contributed by atoms with Crippen molar-refractivity contribution in [3.05, 3.63) is 65.2 Å². The van der Waals surface area contributed by atoms with Crippen LogP contribution in [0.3, 0.4) is 0 Å². The molecule has 2 aromatic rings. The van der Waals surface area contributed by atoms with E-state index >= 15 is 0 Å². The van der Waals surface area contributed by atoms with Crippen LogP contribution in [0.1, 0.15) is 12.0 Å². The molecule has 1 heterocycles. The summed E-state index contributed by atoms with van der Waals surface area (Å²) in [6.07, 6.45) is 6.24. The molecule has 0 aromatic heterocycles. The highest BCUT2D eigenvalue weighted by Gasteiger charge is 2.59. The molecular formula is C25H22ClN3O5. The Morgan fingerprint density at radius 3 is 2.47 bits per heavy atom. The van der Waals surface area contributed by atoms with Gasteiger partial charge in [0.2, 0.25) is 0 Å². The summed E-state index contributed by atoms with van der Waals surface area (Å²) in [7, 11) is 1.45. The van der Waals surface area contributed by atoms with Crippen LogP contribution in [-0.4, -0.2) is 42.7 Å². The molecule has 1 saturated carbocycles. The van der Waals surface area contributed by atoms with Gasteiger partial charge in [-0.25, -0.2) is 0 Å². The van der Waals surface area contributed by atoms with Crippen LogP contribution in [0.5, 0.6) is 11.5 Å². The lowest BCUT2D eigenvalue weighted by atomic mass is 9.85. The number of ether oxygens (including phenoxy) is 2. The number of allylic oxidation sites excluding steroid dienone is 2. The third kappa shape index (κ3) is 3.94. The quantitative estimate of drug-likeness (QED) is 0.372. The monoisotopic (exact) mass is 479 g/mol. The zero-order valence-corrected chi connectivity index (χ0v) is 19.1. The molecule has 34 heavy (non-hydrogen) atoms. The molecule has 1 aliphatic heterocycles. The lowest BCUT2D eigenvalue weighted by molar-refractivity contribution is -0.140. The number of hydrazone groups is 1. The molecule has 1 saturated heterocycles. The number of rotatable bonds is 7. The van der Waals surface area contributed by atoms with Crippen LogP contribution >= 0.6 is 11.6 Å². The van der Waals surface area contributed by atoms with Gasteiger partial charge in [0.15, 0.2) is 18.1 Å². The molecule has 0 radical (unpaired) electrons. The van der Waals surface area contributed by atoms with E-state index in [-0.39, 0.29) is 53.7 Å². The number of anilines is 1. The lowest BCUT2D eigenvalue weighted by Gasteiger charge is -2.15. The molecule has 1 N–H and O–H groups in total. The molecule has 3 amide bonds. The van der Waals surface area contributed by atoms with E-state index in [4.69, 9.17) is 21.1 Å². The van der Waals surface area contributed by atoms with Crippen molar-refractivity contribution in [2.24, 2.45) is 28.8 Å². The summed E-state index contributed by atoms with van der Waals surface area (Å²) >= 11 is 6.22. The van der Waals surface area contributed by atoms with Gasteiger partial charge in [-0.3, -0.25) is 14.4 Å². The van der Waals surface area contributed by atoms with Crippen molar-refractivity contribution < 1.29 is 23.9 Å². The summed E-state index contributed by atoms with van der Waals surface area (Å²) in [4.78, 5) is 38.1. The number of methoxy groups -OCH3 is 1. The molecule has 4 atom stereocenters. The predicted octanol–water partition coefficient (Wildman–Crippen LogP) is 3.51. The standard InChI is InChI=1S/C25H22ClN3O5/c1-33-19-11-17(26)10-16(23(19)34-13-20(30)28-18-5-3-2-4-6-18)12-27-29-24(31)21-14-7-8-15(9-14)22(21)25(29)32/h2-8,10-12,14-15,21-22H,9,13H2,1H3,(H,28,30)/t14-,15-,21-,22+/m0/s1. The van der Waals surface area contributed by atoms with Gasteiger partial charge in [-0.2, -0.15) is 10.1 Å². The van der Waals surface area contributed by atoms with Gasteiger partial charge in [-0.05, 0) is 36.5 Å². The van der Waals surface area contributed by atoms with Gasteiger partial charge in [-0.15, -0.1) is 0 Å². The number of carbonyl (C=O) groups is 3. The molecule has 0 spiro atoms. The zero-order chi connectivity index (χ0) is 23.8. The van der Waals surface area contributed by atoms with Gasteiger partial charge in [0, 0.05) is 22.3 Å². The third-order valence-electron chi connectivity index (χ3n) is 6.43. The predicted molar refractivity (Wildman–Crippen MR) is 126 cm³/mol. The molecule has 9 heteroatoms. The highest BCUT2D eigenvalue weighted by molar-refractivity contribution is 6.31. The van der Waals surface area contributed by atoms with Crippen molar-refractivity contribution in [2.75, 3.05) is 19.0 Å². The number of nitrogens with one attached hydrogen (secondary N) is 1. The SMILES string of the molecule is COc1cc(Cl)cc(C=NN2C(=O)[C@@H]3[C@H](C2=O)[C@H]2C=C[C@H]3C2)c1OCC(=O)Nc1ccccc1. The second-order valence-corrected chi connectivity index (χ2v) is 8.90. The lowest BCUT2D eigenvalue weighted by Crippen LogP contribution is -2.28. The van der Waals surface area contributed by atoms with E-state index in [9.17, 15) is 14.4 Å². The maximum absolute atomic E-state index is 12.9. The highest BCUT2D eigenvalue weighted by Crippen LogP contribution is 2.52. The summed E-state index contributed by atoms with van der Waals surface area (Å²) in [6.45, 7) is -0.297. The van der Waals surface area contributed by atoms with Gasteiger partial charge < -0.3 is 14.8 Å². The molecule has 2 aromatic carbocycles. The first-order chi connectivity index (χ1) is 16.5. The fourth-order valence-corrected chi connectivity index (χ4v) is 5.18. The minimum Gasteiger partial charge on any atom is -0.493 e. The van der Waals surface area contributed by atoms with Crippen molar-refractivity contribution in [2.45, 2.75) is 6.42 Å². The van der Waals surface area contributed by atoms with Crippen LogP contribution in [0.2, 0.25) is 5.02 Å². The Hall–Kier alpha value is -3.65. The normalized spacial score (nSPS) is 24.7. The van der Waals surface area contributed by atoms with Gasteiger partial charge >= 0.3 is 0 Å². The molecule has 2 aliphatic carbocycles. The van der Waals surface area contributed by atoms with Gasteiger partial charge in [0.1, 0.15) is 0 Å². The highest BCUT2D eigenvalue weighted by atomic mass is 35.5. The fourth-order valence-electron chi connectivity index (χ4n) is 4.97. The molecule has 8 nitrogen and oxygen atoms in total. The largest absolute Gasteiger partial charge is 0.493 e. The number of nitrogens with zero attached hydrogens (tertiary/aromatic N) is 2. The van der Waals surface area contributed by atoms with Crippen molar-refractivity contribution in [1.29, 1.82) is 0 Å². The zero-order valence-electron chi connectivity index (χ0n) is 18.3. The number of hydrogen-bond donors (Lipinski definition) is 1. The van der Waals surface area contributed by atoms with Crippen LogP contribution in [0.4, 0.5) is 5.69 Å². The van der Waals surface area contributed by atoms with E-state index in [0.717, 1.165) is 11.4 Å². The van der Waals surface area contributed by atoms with Crippen molar-refractivity contribution in [3.63, 3.8) is 0 Å². The summed E-state index contributed by atoms with van der Waals surface area (Å²) in [5.74, 6) is -0.924. The molecule has 2 bridgehead atoms. The number of hydrogen-bond acceptors (Lipinski definition) is 6. The average Bonchev–Trinajstić information content (AvgIpc) is 3.51. The van der Waals surface area contributed by atoms with Crippen molar-refractivity contribution in [3.8, 4) is 11.5 Å². The average molecular weight is 480 g/mol. The number of amides is 3. The number of fused-ring (bicyclic) bond motifs is 5. The van der Waals surface area contributed by atoms with Crippen LogP contribution in [0.15, 0.2) is 59.7 Å². The molecule has 5 rings (SSSR count). The second-order valence-electron chi connectivity index (χ2n) is 8.46. The van der Waals surface area contributed by atoms with E-state index in [1.165, 1.54) is 13.3 Å². The van der Waals surface area contributed by atoms with Gasteiger partial charge in [-0.1, -0.05) is 42.0 Å². The molecule has 0 unspecified atom stereocenters. The minimum atomic E-state index is -0.369. The number of halogens is 1. The Kier molecular flexibility index (Phi) is 5.83. The molecule has 174 valence electrons. The minimum absolute atomic E-state index is 0.0972. The summed E-state index contributed by atoms with van der Waals surface area (Å²) in [5, 5.41) is 8.22. The Labute approximate surface area is 201 Å². The number of imide groups is 1. The molecule has 2 fully saturated rings. The van der Waals surface area contributed by atoms with Gasteiger partial charge in [0.25, 0.3) is 17.7 Å². The Bertz CT molecular complexity index is 1180. The topological polar surface area (TPSA) is 97.3 Å². The van der Waals surface area contributed by atoms with E-state index in [0.29, 0.717) is 22.0 Å². The van der Waals surface area contributed by atoms with E-state index in [2.05, 4.69) is 10.4 Å². The van der Waals surface area contributed by atoms with Crippen LogP contribution < -0.4 is 14.8 Å². The molecular weight excluding hydrogens is 458 g/mol. The maximum atomic E-state index is 12.9. The van der Waals surface area contributed by atoms with Crippen LogP contribution in [0, 0.1) is 23.7 Å². The maximum Gasteiger partial charge on any atom is 0.262 e. The first kappa shape index (κ1) is 22.2. The number of carbonyl (C=O) groups excluding carboxylic acids is 3.